The number of carboxylic acids is 1. The maximum Gasteiger partial charge on any atom is 0.344 e. The van der Waals surface area contributed by atoms with Crippen molar-refractivity contribution >= 4 is 46.3 Å². The molecule has 3 aromatic carbocycles. The number of rotatable bonds is 11. The van der Waals surface area contributed by atoms with Gasteiger partial charge in [-0.1, -0.05) is 67.4 Å². The molecule has 1 heterocycles. The van der Waals surface area contributed by atoms with E-state index in [1.807, 2.05) is 91.9 Å². The van der Waals surface area contributed by atoms with Crippen molar-refractivity contribution in [3.05, 3.63) is 101 Å². The molecule has 0 aliphatic rings. The van der Waals surface area contributed by atoms with Crippen molar-refractivity contribution in [3.63, 3.8) is 0 Å². The number of benzene rings is 3. The highest BCUT2D eigenvalue weighted by molar-refractivity contribution is 6.31. The van der Waals surface area contributed by atoms with Crippen LogP contribution in [0.1, 0.15) is 43.0 Å². The van der Waals surface area contributed by atoms with Crippen LogP contribution in [0.3, 0.4) is 0 Å². The van der Waals surface area contributed by atoms with Gasteiger partial charge in [-0.2, -0.15) is 0 Å². The van der Waals surface area contributed by atoms with E-state index in [4.69, 9.17) is 16.3 Å². The Labute approximate surface area is 216 Å². The number of nitrogens with one attached hydrogen (secondary N) is 1. The molecule has 184 valence electrons. The van der Waals surface area contributed by atoms with Gasteiger partial charge in [0.05, 0.1) is 11.2 Å². The normalized spacial score (nSPS) is 12.1. The number of hydrogen-bond acceptors (Lipinski definition) is 4. The fourth-order valence-corrected chi connectivity index (χ4v) is 3.98. The lowest BCUT2D eigenvalue weighted by Gasteiger charge is -2.15. The zero-order valence-electron chi connectivity index (χ0n) is 20.2. The molecule has 0 spiro atoms. The van der Waals surface area contributed by atoms with Gasteiger partial charge in [-0.25, -0.2) is 9.78 Å². The third kappa shape index (κ3) is 7.09. The predicted molar refractivity (Wildman–Crippen MR) is 147 cm³/mol. The smallest absolute Gasteiger partial charge is 0.344 e. The van der Waals surface area contributed by atoms with E-state index in [0.717, 1.165) is 46.3 Å². The summed E-state index contributed by atoms with van der Waals surface area (Å²) in [6.45, 7) is 2.67. The largest absolute Gasteiger partial charge is 0.479 e. The van der Waals surface area contributed by atoms with Crippen LogP contribution in [0.2, 0.25) is 5.02 Å². The molecule has 0 fully saturated rings. The van der Waals surface area contributed by atoms with Gasteiger partial charge in [0.2, 0.25) is 0 Å². The van der Waals surface area contributed by atoms with E-state index < -0.39 is 12.1 Å². The third-order valence-corrected chi connectivity index (χ3v) is 6.04. The molecular weight excluding hydrogens is 472 g/mol. The molecule has 0 saturated carbocycles. The summed E-state index contributed by atoms with van der Waals surface area (Å²) in [4.78, 5) is 16.1. The zero-order valence-corrected chi connectivity index (χ0v) is 20.9. The second-order valence-corrected chi connectivity index (χ2v) is 9.05. The number of carbonyl (C=O) groups is 1. The topological polar surface area (TPSA) is 71.5 Å². The number of nitrogens with zero attached hydrogens (tertiary/aromatic N) is 1. The molecule has 2 N–H and O–H groups in total. The number of hydrogen-bond donors (Lipinski definition) is 2. The first-order valence-corrected chi connectivity index (χ1v) is 12.4. The second-order valence-electron chi connectivity index (χ2n) is 8.62. The number of aromatic nitrogens is 1. The van der Waals surface area contributed by atoms with E-state index in [1.165, 1.54) is 0 Å². The van der Waals surface area contributed by atoms with Crippen LogP contribution in [0.15, 0.2) is 78.9 Å². The van der Waals surface area contributed by atoms with Gasteiger partial charge in [-0.15, -0.1) is 0 Å². The van der Waals surface area contributed by atoms with E-state index in [1.54, 1.807) is 0 Å². The van der Waals surface area contributed by atoms with Crippen LogP contribution in [-0.2, 0) is 11.3 Å². The van der Waals surface area contributed by atoms with Crippen LogP contribution in [-0.4, -0.2) is 22.2 Å². The van der Waals surface area contributed by atoms with Crippen LogP contribution in [0.25, 0.3) is 23.1 Å². The Balaban J connectivity index is 1.35. The van der Waals surface area contributed by atoms with Gasteiger partial charge in [0, 0.05) is 22.6 Å². The van der Waals surface area contributed by atoms with Crippen molar-refractivity contribution in [3.8, 4) is 5.75 Å². The maximum atomic E-state index is 11.4. The van der Waals surface area contributed by atoms with Gasteiger partial charge in [0.1, 0.15) is 5.75 Å². The minimum absolute atomic E-state index is 0.505. The van der Waals surface area contributed by atoms with Crippen LogP contribution in [0.5, 0.6) is 5.75 Å². The summed E-state index contributed by atoms with van der Waals surface area (Å²) >= 11 is 6.10. The molecule has 1 aromatic heterocycles. The second kappa shape index (κ2) is 12.2. The first-order chi connectivity index (χ1) is 17.5. The van der Waals surface area contributed by atoms with Crippen molar-refractivity contribution < 1.29 is 14.6 Å². The highest BCUT2D eigenvalue weighted by atomic mass is 35.5. The van der Waals surface area contributed by atoms with Crippen molar-refractivity contribution in [1.82, 2.24) is 4.98 Å². The number of halogens is 1. The fourth-order valence-electron chi connectivity index (χ4n) is 3.81. The van der Waals surface area contributed by atoms with E-state index in [9.17, 15) is 9.90 Å². The molecule has 1 atom stereocenters. The minimum atomic E-state index is -0.927. The molecule has 0 saturated heterocycles. The van der Waals surface area contributed by atoms with E-state index in [2.05, 4.69) is 16.4 Å². The first-order valence-electron chi connectivity index (χ1n) is 12.1. The van der Waals surface area contributed by atoms with Gasteiger partial charge in [0.25, 0.3) is 0 Å². The summed E-state index contributed by atoms with van der Waals surface area (Å²) in [7, 11) is 0. The quantitative estimate of drug-likeness (QED) is 0.221. The molecule has 0 aliphatic heterocycles. The van der Waals surface area contributed by atoms with Crippen molar-refractivity contribution in [2.24, 2.45) is 0 Å². The van der Waals surface area contributed by atoms with E-state index in [-0.39, 0.29) is 0 Å². The molecule has 0 aliphatic carbocycles. The van der Waals surface area contributed by atoms with E-state index >= 15 is 0 Å². The fraction of sp³-hybridized carbons (Fsp3) is 0.200. The average Bonchev–Trinajstić information content (AvgIpc) is 2.89. The van der Waals surface area contributed by atoms with Crippen LogP contribution < -0.4 is 10.1 Å². The molecule has 4 aromatic rings. The van der Waals surface area contributed by atoms with Gasteiger partial charge >= 0.3 is 5.97 Å². The summed E-state index contributed by atoms with van der Waals surface area (Å²) in [5.74, 6) is -0.358. The molecule has 0 amide bonds. The summed E-state index contributed by atoms with van der Waals surface area (Å²) < 4.78 is 5.67. The molecule has 36 heavy (non-hydrogen) atoms. The summed E-state index contributed by atoms with van der Waals surface area (Å²) in [6.07, 6.45) is 5.47. The Morgan fingerprint density at radius 2 is 1.86 bits per heavy atom. The summed E-state index contributed by atoms with van der Waals surface area (Å²) in [5, 5.41) is 14.5. The number of fused-ring (bicyclic) bond motifs is 1. The van der Waals surface area contributed by atoms with Crippen LogP contribution >= 0.6 is 11.6 Å². The number of pyridine rings is 1. The number of aliphatic carboxylic acids is 1. The van der Waals surface area contributed by atoms with Gasteiger partial charge in [-0.3, -0.25) is 0 Å². The Morgan fingerprint density at radius 3 is 2.64 bits per heavy atom. The standard InChI is InChI=1S/C30H29ClN2O3/c1-2-3-7-29(30(34)35)36-27-16-9-22(10-17-27)20-32-26-6-4-5-21(18-26)8-14-25-15-12-23-11-13-24(31)19-28(23)33-25/h4-6,8-19,29,32H,2-3,7,20H2,1H3,(H,34,35). The number of anilines is 1. The Hall–Kier alpha value is -3.83. The minimum Gasteiger partial charge on any atom is -0.479 e. The highest BCUT2D eigenvalue weighted by Gasteiger charge is 2.18. The molecule has 6 heteroatoms. The van der Waals surface area contributed by atoms with Crippen molar-refractivity contribution in [1.29, 1.82) is 0 Å². The van der Waals surface area contributed by atoms with Gasteiger partial charge < -0.3 is 15.2 Å². The number of carboxylic acid groups (broad SMARTS) is 1. The molecule has 0 radical (unpaired) electrons. The summed E-state index contributed by atoms with van der Waals surface area (Å²) in [5.41, 5.74) is 4.87. The lowest BCUT2D eigenvalue weighted by molar-refractivity contribution is -0.145. The monoisotopic (exact) mass is 500 g/mol. The van der Waals surface area contributed by atoms with Crippen molar-refractivity contribution in [2.45, 2.75) is 38.8 Å². The van der Waals surface area contributed by atoms with Crippen LogP contribution in [0.4, 0.5) is 5.69 Å². The highest BCUT2D eigenvalue weighted by Crippen LogP contribution is 2.21. The van der Waals surface area contributed by atoms with Gasteiger partial charge in [0.15, 0.2) is 6.10 Å². The number of unbranched alkanes of at least 4 members (excludes halogenated alkanes) is 1. The predicted octanol–water partition coefficient (Wildman–Crippen LogP) is 7.69. The lowest BCUT2D eigenvalue weighted by atomic mass is 10.1. The molecule has 5 nitrogen and oxygen atoms in total. The maximum absolute atomic E-state index is 11.4. The Kier molecular flexibility index (Phi) is 8.58. The van der Waals surface area contributed by atoms with Crippen LogP contribution in [0, 0.1) is 0 Å². The third-order valence-electron chi connectivity index (χ3n) is 5.80. The van der Waals surface area contributed by atoms with E-state index in [0.29, 0.717) is 23.7 Å². The lowest BCUT2D eigenvalue weighted by Crippen LogP contribution is -2.26. The van der Waals surface area contributed by atoms with Gasteiger partial charge in [-0.05, 0) is 72.5 Å². The molecular formula is C30H29ClN2O3. The number of ether oxygens (including phenoxy) is 1. The molecule has 1 unspecified atom stereocenters. The Morgan fingerprint density at radius 1 is 1.06 bits per heavy atom. The first kappa shape index (κ1) is 25.3. The molecule has 0 bridgehead atoms. The SMILES string of the molecule is CCCCC(Oc1ccc(CNc2cccc(C=Cc3ccc4ccc(Cl)cc4n3)c2)cc1)C(=O)O. The average molecular weight is 501 g/mol. The summed E-state index contributed by atoms with van der Waals surface area (Å²) in [6, 6.07) is 25.4. The molecule has 4 rings (SSSR count). The van der Waals surface area contributed by atoms with Crippen molar-refractivity contribution in [2.75, 3.05) is 5.32 Å². The zero-order chi connectivity index (χ0) is 25.3. The Bertz CT molecular complexity index is 1350.